The fraction of sp³-hybridized carbons (Fsp3) is 0.957. The van der Waals surface area contributed by atoms with Crippen molar-refractivity contribution in [3.8, 4) is 0 Å². The summed E-state index contributed by atoms with van der Waals surface area (Å²) in [5.74, 6) is 0.0669. The molecule has 2 aliphatic rings. The van der Waals surface area contributed by atoms with Crippen LogP contribution in [0.1, 0.15) is 58.8 Å². The number of aliphatic imine (C=N–C) groups is 1. The standard InChI is InChI=1S/C23H43NO13S2.Na/c1-13-17(27)21(19(29)23(34-13)33-10-8-6-4-3-5-7-9-11-38)36-22-16(24-14(2)26)20(37-39(30,31)32)18(28)15(12-25)35-22;/h13,15-23,25,27-29,38H,3-12H2,1-2H3,(H,24,26)(H,30,31,32);/q;+1/p-1/t13-,15+,16+,17+,18+,19-,20+,21+,22-,23-;/m0./s1. The molecule has 14 nitrogen and oxygen atoms in total. The third-order valence-corrected chi connectivity index (χ3v) is 7.32. The second-order valence-corrected chi connectivity index (χ2v) is 11.2. The Morgan fingerprint density at radius 1 is 0.950 bits per heavy atom. The van der Waals surface area contributed by atoms with Crippen LogP contribution in [0.2, 0.25) is 0 Å². The molecule has 10 atom stereocenters. The van der Waals surface area contributed by atoms with E-state index in [0.717, 1.165) is 57.6 Å². The fourth-order valence-corrected chi connectivity index (χ4v) is 5.24. The first kappa shape index (κ1) is 38.4. The van der Waals surface area contributed by atoms with Crippen LogP contribution in [-0.2, 0) is 33.5 Å². The van der Waals surface area contributed by atoms with E-state index in [9.17, 15) is 38.5 Å². The molecule has 0 aromatic rings. The molecule has 0 aliphatic carbocycles. The predicted octanol–water partition coefficient (Wildman–Crippen LogP) is -4.07. The second kappa shape index (κ2) is 18.9. The topological polar surface area (TPSA) is 217 Å². The van der Waals surface area contributed by atoms with Gasteiger partial charge < -0.3 is 44.5 Å². The minimum absolute atomic E-state index is 0. The number of unbranched alkanes of at least 4 members (excludes halogenated alkanes) is 6. The summed E-state index contributed by atoms with van der Waals surface area (Å²) in [5.41, 5.74) is 0. The van der Waals surface area contributed by atoms with Gasteiger partial charge in [0.2, 0.25) is 0 Å². The zero-order valence-corrected chi connectivity index (χ0v) is 26.9. The number of hydrogen-bond acceptors (Lipinski definition) is 14. The van der Waals surface area contributed by atoms with Crippen LogP contribution in [0.4, 0.5) is 0 Å². The summed E-state index contributed by atoms with van der Waals surface area (Å²) in [5, 5.41) is 53.5. The molecule has 2 heterocycles. The summed E-state index contributed by atoms with van der Waals surface area (Å²) in [6, 6.07) is -1.66. The van der Waals surface area contributed by atoms with Crippen LogP contribution in [0.3, 0.4) is 0 Å². The molecule has 0 spiro atoms. The first-order valence-corrected chi connectivity index (χ1v) is 15.1. The van der Waals surface area contributed by atoms with Crippen molar-refractivity contribution < 1.29 is 91.2 Å². The Labute approximate surface area is 263 Å². The summed E-state index contributed by atoms with van der Waals surface area (Å²) in [4.78, 5) is 3.70. The number of rotatable bonds is 16. The van der Waals surface area contributed by atoms with E-state index in [0.29, 0.717) is 0 Å². The molecular formula is C23H42NNaO13S2. The number of aliphatic hydroxyl groups is 4. The average molecular weight is 628 g/mol. The van der Waals surface area contributed by atoms with Crippen LogP contribution < -0.4 is 34.7 Å². The van der Waals surface area contributed by atoms with E-state index >= 15 is 0 Å². The minimum Gasteiger partial charge on any atom is -0.862 e. The molecule has 2 saturated heterocycles. The van der Waals surface area contributed by atoms with Crippen LogP contribution in [-0.4, -0.2) is 120 Å². The first-order chi connectivity index (χ1) is 18.4. The van der Waals surface area contributed by atoms with E-state index < -0.39 is 84.3 Å². The maximum absolute atomic E-state index is 11.8. The Morgan fingerprint density at radius 2 is 1.55 bits per heavy atom. The smallest absolute Gasteiger partial charge is 0.862 e. The molecule has 17 heteroatoms. The molecule has 5 N–H and O–H groups in total. The van der Waals surface area contributed by atoms with Gasteiger partial charge in [-0.15, -0.1) is 0 Å². The molecule has 2 fully saturated rings. The van der Waals surface area contributed by atoms with Gasteiger partial charge in [0.25, 0.3) is 0 Å². The molecule has 0 amide bonds. The first-order valence-electron chi connectivity index (χ1n) is 13.1. The maximum Gasteiger partial charge on any atom is 1.00 e. The van der Waals surface area contributed by atoms with Gasteiger partial charge in [0.05, 0.1) is 12.7 Å². The molecule has 0 unspecified atom stereocenters. The number of nitrogens with zero attached hydrogens (tertiary/aromatic N) is 1. The summed E-state index contributed by atoms with van der Waals surface area (Å²) in [6.07, 6.45) is -6.16. The Morgan fingerprint density at radius 3 is 2.10 bits per heavy atom. The fourth-order valence-electron chi connectivity index (χ4n) is 4.51. The Kier molecular flexibility index (Phi) is 18.1. The van der Waals surface area contributed by atoms with Crippen LogP contribution >= 0.6 is 12.6 Å². The molecule has 0 aromatic heterocycles. The van der Waals surface area contributed by atoms with Gasteiger partial charge in [-0.1, -0.05) is 32.1 Å². The van der Waals surface area contributed by atoms with Crippen molar-refractivity contribution in [3.05, 3.63) is 0 Å². The van der Waals surface area contributed by atoms with E-state index in [4.69, 9.17) is 18.9 Å². The van der Waals surface area contributed by atoms with Crippen molar-refractivity contribution in [2.75, 3.05) is 19.0 Å². The SMILES string of the molecule is CC([O-])=N[C@H]1[C@H](O[C@H]2[C@H](O)[C@@H](OCCCCCCCCCS)O[C@@H](C)[C@H]2O)O[C@H](CO)[C@@H](O)[C@@H]1OS(=O)(=O)O.[Na+]. The second-order valence-electron chi connectivity index (χ2n) is 9.70. The van der Waals surface area contributed by atoms with Crippen LogP contribution in [0.25, 0.3) is 0 Å². The third-order valence-electron chi connectivity index (χ3n) is 6.54. The van der Waals surface area contributed by atoms with E-state index in [1.165, 1.54) is 6.92 Å². The molecule has 2 aliphatic heterocycles. The molecule has 230 valence electrons. The van der Waals surface area contributed by atoms with E-state index in [2.05, 4.69) is 21.8 Å². The monoisotopic (exact) mass is 627 g/mol. The maximum atomic E-state index is 11.8. The predicted molar refractivity (Wildman–Crippen MR) is 138 cm³/mol. The number of hydrogen-bond donors (Lipinski definition) is 6. The van der Waals surface area contributed by atoms with Gasteiger partial charge in [-0.3, -0.25) is 9.55 Å². The Hall–Kier alpha value is 0.370. The van der Waals surface area contributed by atoms with Gasteiger partial charge in [0.1, 0.15) is 42.7 Å². The van der Waals surface area contributed by atoms with Gasteiger partial charge in [0, 0.05) is 6.61 Å². The van der Waals surface area contributed by atoms with Gasteiger partial charge >= 0.3 is 40.0 Å². The zero-order chi connectivity index (χ0) is 29.2. The van der Waals surface area contributed by atoms with Crippen molar-refractivity contribution in [1.29, 1.82) is 0 Å². The van der Waals surface area contributed by atoms with Crippen molar-refractivity contribution in [1.82, 2.24) is 0 Å². The van der Waals surface area contributed by atoms with E-state index in [1.54, 1.807) is 0 Å². The molecule has 0 aromatic carbocycles. The number of aliphatic hydroxyl groups excluding tert-OH is 4. The summed E-state index contributed by atoms with van der Waals surface area (Å²) < 4.78 is 59.2. The molecule has 0 radical (unpaired) electrons. The van der Waals surface area contributed by atoms with Gasteiger partial charge in [-0.25, -0.2) is 4.18 Å². The van der Waals surface area contributed by atoms with Crippen molar-refractivity contribution in [2.24, 2.45) is 4.99 Å². The minimum atomic E-state index is -5.14. The van der Waals surface area contributed by atoms with E-state index in [1.807, 2.05) is 0 Å². The van der Waals surface area contributed by atoms with Gasteiger partial charge in [0.15, 0.2) is 12.6 Å². The van der Waals surface area contributed by atoms with Gasteiger partial charge in [-0.2, -0.15) is 21.0 Å². The third kappa shape index (κ3) is 12.2. The van der Waals surface area contributed by atoms with Crippen LogP contribution in [0, 0.1) is 0 Å². The van der Waals surface area contributed by atoms with Crippen molar-refractivity contribution in [3.63, 3.8) is 0 Å². The van der Waals surface area contributed by atoms with E-state index in [-0.39, 0.29) is 36.2 Å². The van der Waals surface area contributed by atoms with Crippen molar-refractivity contribution in [2.45, 2.75) is 120 Å². The average Bonchev–Trinajstić information content (AvgIpc) is 2.86. The van der Waals surface area contributed by atoms with Crippen LogP contribution in [0.5, 0.6) is 0 Å². The summed E-state index contributed by atoms with van der Waals surface area (Å²) in [7, 11) is -5.14. The molecular weight excluding hydrogens is 585 g/mol. The van der Waals surface area contributed by atoms with Crippen LogP contribution in [0.15, 0.2) is 4.99 Å². The zero-order valence-electron chi connectivity index (χ0n) is 23.1. The molecule has 2 rings (SSSR count). The summed E-state index contributed by atoms with van der Waals surface area (Å²) >= 11 is 4.20. The van der Waals surface area contributed by atoms with Gasteiger partial charge in [-0.05, 0) is 38.3 Å². The Balaban J connectivity index is 0.00000800. The molecule has 0 saturated carbocycles. The summed E-state index contributed by atoms with van der Waals surface area (Å²) in [6.45, 7) is 2.02. The Bertz CT molecular complexity index is 851. The largest absolute Gasteiger partial charge is 1.00 e. The number of thiol groups is 1. The number of ether oxygens (including phenoxy) is 4. The molecule has 40 heavy (non-hydrogen) atoms. The normalized spacial score (nSPS) is 35.4. The van der Waals surface area contributed by atoms with Crippen molar-refractivity contribution >= 4 is 28.9 Å². The molecule has 0 bridgehead atoms. The quantitative estimate of drug-likeness (QED) is 0.0240.